The molecule has 3 nitrogen and oxygen atoms in total. The lowest BCUT2D eigenvalue weighted by atomic mass is 10.1. The minimum atomic E-state index is -4.56. The molecule has 1 rings (SSSR count). The molecule has 0 aromatic heterocycles. The molecular weight excluding hydrogens is 289 g/mol. The number of rotatable bonds is 5. The van der Waals surface area contributed by atoms with Gasteiger partial charge in [-0.05, 0) is 24.8 Å². The van der Waals surface area contributed by atoms with E-state index in [1.165, 1.54) is 12.1 Å². The average molecular weight is 306 g/mol. The Morgan fingerprint density at radius 1 is 1.45 bits per heavy atom. The van der Waals surface area contributed by atoms with Crippen LogP contribution in [0.1, 0.15) is 29.3 Å². The number of amides is 1. The molecule has 1 amide bonds. The molecule has 0 saturated heterocycles. The average Bonchev–Trinajstić information content (AvgIpc) is 2.37. The van der Waals surface area contributed by atoms with E-state index >= 15 is 0 Å². The predicted octanol–water partition coefficient (Wildman–Crippen LogP) is 3.16. The smallest absolute Gasteiger partial charge is 0.398 e. The Morgan fingerprint density at radius 2 is 2.10 bits per heavy atom. The summed E-state index contributed by atoms with van der Waals surface area (Å²) in [5, 5.41) is 2.95. The van der Waals surface area contributed by atoms with Gasteiger partial charge in [0.1, 0.15) is 0 Å². The third-order valence-electron chi connectivity index (χ3n) is 2.89. The molecule has 0 saturated carbocycles. The second-order valence-corrected chi connectivity index (χ2v) is 5.63. The van der Waals surface area contributed by atoms with Crippen molar-refractivity contribution in [3.63, 3.8) is 0 Å². The predicted molar refractivity (Wildman–Crippen MR) is 75.8 cm³/mol. The van der Waals surface area contributed by atoms with Crippen LogP contribution in [-0.4, -0.2) is 24.0 Å². The highest BCUT2D eigenvalue weighted by Gasteiger charge is 2.34. The summed E-state index contributed by atoms with van der Waals surface area (Å²) in [4.78, 5) is 11.8. The Hall–Kier alpha value is -1.37. The van der Waals surface area contributed by atoms with Crippen molar-refractivity contribution < 1.29 is 18.0 Å². The first-order valence-electron chi connectivity index (χ1n) is 6.04. The zero-order valence-corrected chi connectivity index (χ0v) is 12.1. The molecule has 112 valence electrons. The van der Waals surface area contributed by atoms with Crippen molar-refractivity contribution in [2.45, 2.75) is 24.8 Å². The summed E-state index contributed by atoms with van der Waals surface area (Å²) in [6.07, 6.45) is -1.86. The van der Waals surface area contributed by atoms with Crippen LogP contribution in [0, 0.1) is 0 Å². The van der Waals surface area contributed by atoms with Crippen LogP contribution in [0.5, 0.6) is 0 Å². The molecule has 1 aromatic rings. The van der Waals surface area contributed by atoms with Gasteiger partial charge in [0.15, 0.2) is 0 Å². The first kappa shape index (κ1) is 16.7. The fraction of sp³-hybridized carbons (Fsp3) is 0.462. The normalized spacial score (nSPS) is 13.1. The lowest BCUT2D eigenvalue weighted by molar-refractivity contribution is -0.136. The van der Waals surface area contributed by atoms with Crippen molar-refractivity contribution in [2.75, 3.05) is 18.5 Å². The SMILES string of the molecule is CSC(C)CCNC(=O)c1cccc(C(F)(F)F)c1N. The van der Waals surface area contributed by atoms with Crippen LogP contribution in [-0.2, 0) is 6.18 Å². The lowest BCUT2D eigenvalue weighted by Gasteiger charge is -2.14. The van der Waals surface area contributed by atoms with Crippen LogP contribution in [0.4, 0.5) is 18.9 Å². The van der Waals surface area contributed by atoms with E-state index in [4.69, 9.17) is 5.73 Å². The van der Waals surface area contributed by atoms with Gasteiger partial charge in [0.2, 0.25) is 0 Å². The van der Waals surface area contributed by atoms with Gasteiger partial charge in [0, 0.05) is 11.8 Å². The maximum absolute atomic E-state index is 12.7. The molecule has 0 spiro atoms. The molecule has 0 aliphatic heterocycles. The van der Waals surface area contributed by atoms with Crippen LogP contribution in [0.3, 0.4) is 0 Å². The lowest BCUT2D eigenvalue weighted by Crippen LogP contribution is -2.27. The highest BCUT2D eigenvalue weighted by atomic mass is 32.2. The summed E-state index contributed by atoms with van der Waals surface area (Å²) in [5.41, 5.74) is 3.79. The largest absolute Gasteiger partial charge is 0.418 e. The number of hydrogen-bond donors (Lipinski definition) is 2. The number of para-hydroxylation sites is 1. The molecule has 0 aliphatic carbocycles. The second kappa shape index (κ2) is 6.88. The first-order valence-corrected chi connectivity index (χ1v) is 7.32. The first-order chi connectivity index (χ1) is 9.27. The van der Waals surface area contributed by atoms with Crippen molar-refractivity contribution in [1.82, 2.24) is 5.32 Å². The van der Waals surface area contributed by atoms with E-state index in [0.717, 1.165) is 12.5 Å². The fourth-order valence-corrected chi connectivity index (χ4v) is 1.97. The Balaban J connectivity index is 2.79. The van der Waals surface area contributed by atoms with E-state index in [-0.39, 0.29) is 5.56 Å². The number of benzene rings is 1. The summed E-state index contributed by atoms with van der Waals surface area (Å²) in [6.45, 7) is 2.41. The number of carbonyl (C=O) groups excluding carboxylic acids is 1. The van der Waals surface area contributed by atoms with Crippen molar-refractivity contribution in [2.24, 2.45) is 0 Å². The second-order valence-electron chi connectivity index (χ2n) is 4.36. The molecule has 1 atom stereocenters. The Bertz CT molecular complexity index is 477. The van der Waals surface area contributed by atoms with Crippen molar-refractivity contribution in [1.29, 1.82) is 0 Å². The monoisotopic (exact) mass is 306 g/mol. The summed E-state index contributed by atoms with van der Waals surface area (Å²) >= 11 is 1.66. The molecule has 1 aromatic carbocycles. The van der Waals surface area contributed by atoms with Crippen molar-refractivity contribution in [3.05, 3.63) is 29.3 Å². The number of thioether (sulfide) groups is 1. The van der Waals surface area contributed by atoms with Crippen LogP contribution in [0.15, 0.2) is 18.2 Å². The van der Waals surface area contributed by atoms with Gasteiger partial charge in [-0.1, -0.05) is 13.0 Å². The number of halogens is 3. The van der Waals surface area contributed by atoms with Gasteiger partial charge in [0.05, 0.1) is 16.8 Å². The third-order valence-corrected chi connectivity index (χ3v) is 3.94. The maximum Gasteiger partial charge on any atom is 0.418 e. The molecule has 0 fully saturated rings. The Morgan fingerprint density at radius 3 is 2.65 bits per heavy atom. The molecule has 20 heavy (non-hydrogen) atoms. The zero-order chi connectivity index (χ0) is 15.3. The van der Waals surface area contributed by atoms with Crippen LogP contribution in [0.25, 0.3) is 0 Å². The van der Waals surface area contributed by atoms with E-state index in [2.05, 4.69) is 5.32 Å². The summed E-state index contributed by atoms with van der Waals surface area (Å²) in [7, 11) is 0. The van der Waals surface area contributed by atoms with Crippen LogP contribution >= 0.6 is 11.8 Å². The third kappa shape index (κ3) is 4.33. The molecule has 7 heteroatoms. The van der Waals surface area contributed by atoms with Crippen LogP contribution in [0.2, 0.25) is 0 Å². The van der Waals surface area contributed by atoms with Crippen molar-refractivity contribution in [3.8, 4) is 0 Å². The highest BCUT2D eigenvalue weighted by Crippen LogP contribution is 2.34. The van der Waals surface area contributed by atoms with Crippen molar-refractivity contribution >= 4 is 23.4 Å². The highest BCUT2D eigenvalue weighted by molar-refractivity contribution is 7.99. The van der Waals surface area contributed by atoms with Crippen LogP contribution < -0.4 is 11.1 Å². The minimum Gasteiger partial charge on any atom is -0.398 e. The number of alkyl halides is 3. The van der Waals surface area contributed by atoms with Gasteiger partial charge < -0.3 is 11.1 Å². The molecule has 1 unspecified atom stereocenters. The summed E-state index contributed by atoms with van der Waals surface area (Å²) in [6, 6.07) is 3.33. The quantitative estimate of drug-likeness (QED) is 0.822. The van der Waals surface area contributed by atoms with Gasteiger partial charge in [-0.3, -0.25) is 4.79 Å². The molecule has 0 heterocycles. The Labute approximate surface area is 120 Å². The number of nitrogens with two attached hydrogens (primary N) is 1. The topological polar surface area (TPSA) is 55.1 Å². The fourth-order valence-electron chi connectivity index (χ4n) is 1.61. The van der Waals surface area contributed by atoms with E-state index in [1.54, 1.807) is 11.8 Å². The summed E-state index contributed by atoms with van der Waals surface area (Å²) in [5.74, 6) is -0.582. The number of carbonyl (C=O) groups is 1. The van der Waals surface area contributed by atoms with E-state index < -0.39 is 23.3 Å². The van der Waals surface area contributed by atoms with Gasteiger partial charge in [-0.15, -0.1) is 0 Å². The van der Waals surface area contributed by atoms with Gasteiger partial charge in [0.25, 0.3) is 5.91 Å². The van der Waals surface area contributed by atoms with Gasteiger partial charge in [-0.25, -0.2) is 0 Å². The zero-order valence-electron chi connectivity index (χ0n) is 11.3. The number of hydrogen-bond acceptors (Lipinski definition) is 3. The van der Waals surface area contributed by atoms with E-state index in [1.807, 2.05) is 13.2 Å². The maximum atomic E-state index is 12.7. The molecule has 0 radical (unpaired) electrons. The van der Waals surface area contributed by atoms with Gasteiger partial charge in [-0.2, -0.15) is 24.9 Å². The molecule has 0 aliphatic rings. The van der Waals surface area contributed by atoms with E-state index in [0.29, 0.717) is 11.8 Å². The molecule has 3 N–H and O–H groups in total. The number of anilines is 1. The van der Waals surface area contributed by atoms with Gasteiger partial charge >= 0.3 is 6.18 Å². The van der Waals surface area contributed by atoms with E-state index in [9.17, 15) is 18.0 Å². The molecular formula is C13H17F3N2OS. The minimum absolute atomic E-state index is 0.142. The number of nitrogens with one attached hydrogen (secondary N) is 1. The standard InChI is InChI=1S/C13H17F3N2OS/c1-8(20-2)6-7-18-12(19)9-4-3-5-10(11(9)17)13(14,15)16/h3-5,8H,6-7,17H2,1-2H3,(H,18,19). The summed E-state index contributed by atoms with van der Waals surface area (Å²) < 4.78 is 38.0. The number of nitrogen functional groups attached to an aromatic ring is 1. The Kier molecular flexibility index (Phi) is 5.74. The molecule has 0 bridgehead atoms.